The highest BCUT2D eigenvalue weighted by Gasteiger charge is 2.57. The Morgan fingerprint density at radius 2 is 1.94 bits per heavy atom. The second-order valence-corrected chi connectivity index (χ2v) is 6.72. The Bertz CT molecular complexity index is 355. The number of amides is 1. The first-order chi connectivity index (χ1) is 8.19. The van der Waals surface area contributed by atoms with Crippen LogP contribution in [-0.4, -0.2) is 28.8 Å². The van der Waals surface area contributed by atoms with Crippen molar-refractivity contribution in [3.05, 3.63) is 0 Å². The van der Waals surface area contributed by atoms with Gasteiger partial charge in [-0.2, -0.15) is 0 Å². The van der Waals surface area contributed by atoms with Crippen LogP contribution in [0.2, 0.25) is 0 Å². The fraction of sp³-hybridized carbons (Fsp3) is 0.846. The van der Waals surface area contributed by atoms with Crippen LogP contribution in [0.15, 0.2) is 0 Å². The van der Waals surface area contributed by atoms with E-state index in [2.05, 4.69) is 5.32 Å². The third kappa shape index (κ3) is 2.76. The Balaban J connectivity index is 1.86. The number of carboxylic acids is 1. The molecule has 3 saturated carbocycles. The van der Waals surface area contributed by atoms with Gasteiger partial charge in [0, 0.05) is 0 Å². The lowest BCUT2D eigenvalue weighted by Crippen LogP contribution is -2.56. The molecule has 18 heavy (non-hydrogen) atoms. The summed E-state index contributed by atoms with van der Waals surface area (Å²) in [5, 5.41) is 11.6. The van der Waals surface area contributed by atoms with Gasteiger partial charge in [0.2, 0.25) is 0 Å². The zero-order chi connectivity index (χ0) is 13.6. The number of ether oxygens (including phenoxy) is 1. The van der Waals surface area contributed by atoms with Crippen LogP contribution in [-0.2, 0) is 9.53 Å². The number of hydrogen-bond acceptors (Lipinski definition) is 3. The molecule has 3 aliphatic rings. The fourth-order valence-corrected chi connectivity index (χ4v) is 2.99. The van der Waals surface area contributed by atoms with Gasteiger partial charge in [0.15, 0.2) is 0 Å². The molecule has 5 nitrogen and oxygen atoms in total. The van der Waals surface area contributed by atoms with Gasteiger partial charge in [-0.05, 0) is 57.8 Å². The van der Waals surface area contributed by atoms with Crippen LogP contribution < -0.4 is 5.32 Å². The number of hydrogen-bond donors (Lipinski definition) is 2. The molecule has 0 aliphatic heterocycles. The third-order valence-corrected chi connectivity index (χ3v) is 3.79. The molecule has 2 N–H and O–H groups in total. The van der Waals surface area contributed by atoms with Crippen molar-refractivity contribution in [1.29, 1.82) is 0 Å². The van der Waals surface area contributed by atoms with Gasteiger partial charge in [-0.25, -0.2) is 9.59 Å². The van der Waals surface area contributed by atoms with E-state index in [9.17, 15) is 9.59 Å². The molecule has 2 bridgehead atoms. The standard InChI is InChI=1S/C13H21NO4/c1-12(2,3)18-11(17)14-9(10(15)16)7-13-4-8(5-13)6-13/h8-9H,4-7H2,1-3H3,(H,14,17)(H,15,16)/t8?,9-,13?/m0/s1. The number of carbonyl (C=O) groups is 2. The maximum atomic E-state index is 11.6. The lowest BCUT2D eigenvalue weighted by Gasteiger charge is -2.62. The fourth-order valence-electron chi connectivity index (χ4n) is 2.99. The van der Waals surface area contributed by atoms with E-state index in [1.807, 2.05) is 0 Å². The lowest BCUT2D eigenvalue weighted by molar-refractivity contribution is -0.149. The van der Waals surface area contributed by atoms with E-state index >= 15 is 0 Å². The zero-order valence-electron chi connectivity index (χ0n) is 11.2. The molecule has 0 radical (unpaired) electrons. The van der Waals surface area contributed by atoms with Crippen molar-refractivity contribution in [2.45, 2.75) is 58.1 Å². The molecule has 5 heteroatoms. The molecule has 0 unspecified atom stereocenters. The number of alkyl carbamates (subject to hydrolysis) is 1. The largest absolute Gasteiger partial charge is 0.480 e. The summed E-state index contributed by atoms with van der Waals surface area (Å²) in [5.41, 5.74) is -0.424. The van der Waals surface area contributed by atoms with Crippen molar-refractivity contribution in [3.8, 4) is 0 Å². The molecule has 0 aromatic carbocycles. The Morgan fingerprint density at radius 1 is 1.39 bits per heavy atom. The van der Waals surface area contributed by atoms with Gasteiger partial charge in [-0.1, -0.05) is 0 Å². The van der Waals surface area contributed by atoms with Gasteiger partial charge < -0.3 is 15.2 Å². The number of carboxylic acid groups (broad SMARTS) is 1. The molecular formula is C13H21NO4. The minimum absolute atomic E-state index is 0.183. The Labute approximate surface area is 107 Å². The van der Waals surface area contributed by atoms with Crippen molar-refractivity contribution in [1.82, 2.24) is 5.32 Å². The van der Waals surface area contributed by atoms with Gasteiger partial charge in [-0.15, -0.1) is 0 Å². The number of carbonyl (C=O) groups excluding carboxylic acids is 1. The summed E-state index contributed by atoms with van der Waals surface area (Å²) >= 11 is 0. The molecule has 3 rings (SSSR count). The SMILES string of the molecule is CC(C)(C)OC(=O)N[C@@H](CC12CC(C1)C2)C(=O)O. The van der Waals surface area contributed by atoms with Crippen LogP contribution in [0, 0.1) is 11.3 Å². The zero-order valence-corrected chi connectivity index (χ0v) is 11.2. The first kappa shape index (κ1) is 13.2. The van der Waals surface area contributed by atoms with Crippen molar-refractivity contribution >= 4 is 12.1 Å². The van der Waals surface area contributed by atoms with E-state index in [0.717, 1.165) is 25.2 Å². The summed E-state index contributed by atoms with van der Waals surface area (Å²) in [6, 6.07) is -0.832. The first-order valence-corrected chi connectivity index (χ1v) is 6.41. The van der Waals surface area contributed by atoms with E-state index in [1.165, 1.54) is 0 Å². The second kappa shape index (κ2) is 4.14. The molecule has 0 saturated heterocycles. The Morgan fingerprint density at radius 3 is 2.28 bits per heavy atom. The average molecular weight is 255 g/mol. The van der Waals surface area contributed by atoms with E-state index in [4.69, 9.17) is 9.84 Å². The summed E-state index contributed by atoms with van der Waals surface area (Å²) in [6.45, 7) is 5.26. The number of nitrogens with one attached hydrogen (secondary N) is 1. The van der Waals surface area contributed by atoms with Crippen LogP contribution in [0.4, 0.5) is 4.79 Å². The molecular weight excluding hydrogens is 234 g/mol. The Hall–Kier alpha value is -1.26. The summed E-state index contributed by atoms with van der Waals surface area (Å²) in [5.74, 6) is -0.174. The average Bonchev–Trinajstić information content (AvgIpc) is 2.02. The minimum Gasteiger partial charge on any atom is -0.480 e. The quantitative estimate of drug-likeness (QED) is 0.807. The molecule has 1 atom stereocenters. The van der Waals surface area contributed by atoms with Gasteiger partial charge >= 0.3 is 12.1 Å². The van der Waals surface area contributed by atoms with Gasteiger partial charge in [0.1, 0.15) is 11.6 Å². The molecule has 0 spiro atoms. The van der Waals surface area contributed by atoms with Gasteiger partial charge in [-0.3, -0.25) is 0 Å². The van der Waals surface area contributed by atoms with Crippen LogP contribution in [0.5, 0.6) is 0 Å². The van der Waals surface area contributed by atoms with Crippen LogP contribution >= 0.6 is 0 Å². The topological polar surface area (TPSA) is 75.6 Å². The summed E-state index contributed by atoms with van der Waals surface area (Å²) in [7, 11) is 0. The third-order valence-electron chi connectivity index (χ3n) is 3.79. The summed E-state index contributed by atoms with van der Waals surface area (Å²) in [4.78, 5) is 22.7. The molecule has 0 aromatic rings. The summed E-state index contributed by atoms with van der Waals surface area (Å²) < 4.78 is 5.08. The lowest BCUT2D eigenvalue weighted by atomic mass is 9.43. The van der Waals surface area contributed by atoms with Gasteiger partial charge in [0.05, 0.1) is 0 Å². The predicted molar refractivity (Wildman–Crippen MR) is 65.2 cm³/mol. The maximum Gasteiger partial charge on any atom is 0.408 e. The summed E-state index contributed by atoms with van der Waals surface area (Å²) in [6.07, 6.45) is 3.23. The van der Waals surface area contributed by atoms with Crippen LogP contribution in [0.1, 0.15) is 46.5 Å². The highest BCUT2D eigenvalue weighted by molar-refractivity contribution is 5.80. The molecule has 102 valence electrons. The monoisotopic (exact) mass is 255 g/mol. The molecule has 0 heterocycles. The van der Waals surface area contributed by atoms with Crippen molar-refractivity contribution < 1.29 is 19.4 Å². The minimum atomic E-state index is -0.981. The van der Waals surface area contributed by atoms with E-state index in [0.29, 0.717) is 6.42 Å². The second-order valence-electron chi connectivity index (χ2n) is 6.72. The first-order valence-electron chi connectivity index (χ1n) is 6.41. The molecule has 3 fully saturated rings. The molecule has 1 amide bonds. The van der Waals surface area contributed by atoms with E-state index in [-0.39, 0.29) is 5.41 Å². The van der Waals surface area contributed by atoms with E-state index < -0.39 is 23.7 Å². The van der Waals surface area contributed by atoms with Crippen molar-refractivity contribution in [3.63, 3.8) is 0 Å². The smallest absolute Gasteiger partial charge is 0.408 e. The maximum absolute atomic E-state index is 11.6. The Kier molecular flexibility index (Phi) is 3.03. The number of aliphatic carboxylic acids is 1. The number of rotatable bonds is 4. The normalized spacial score (nSPS) is 30.7. The van der Waals surface area contributed by atoms with Crippen LogP contribution in [0.3, 0.4) is 0 Å². The van der Waals surface area contributed by atoms with Gasteiger partial charge in [0.25, 0.3) is 0 Å². The van der Waals surface area contributed by atoms with Crippen molar-refractivity contribution in [2.24, 2.45) is 11.3 Å². The van der Waals surface area contributed by atoms with E-state index in [1.54, 1.807) is 20.8 Å². The van der Waals surface area contributed by atoms with Crippen LogP contribution in [0.25, 0.3) is 0 Å². The van der Waals surface area contributed by atoms with Crippen molar-refractivity contribution in [2.75, 3.05) is 0 Å². The molecule has 0 aromatic heterocycles. The molecule has 3 aliphatic carbocycles. The highest BCUT2D eigenvalue weighted by atomic mass is 16.6. The highest BCUT2D eigenvalue weighted by Crippen LogP contribution is 2.66. The predicted octanol–water partition coefficient (Wildman–Crippen LogP) is 2.15.